The Labute approximate surface area is 127 Å². The van der Waals surface area contributed by atoms with Crippen LogP contribution in [-0.4, -0.2) is 6.04 Å². The maximum absolute atomic E-state index is 6.02. The summed E-state index contributed by atoms with van der Waals surface area (Å²) in [5.41, 5.74) is 6.02. The highest BCUT2D eigenvalue weighted by molar-refractivity contribution is 7.12. The van der Waals surface area contributed by atoms with Crippen LogP contribution in [0.1, 0.15) is 22.8 Å². The lowest BCUT2D eigenvalue weighted by Gasteiger charge is -2.21. The summed E-state index contributed by atoms with van der Waals surface area (Å²) < 4.78 is 5.95. The molecule has 1 aromatic heterocycles. The number of aryl methyl sites for hydroxylation is 1. The number of rotatable bonds is 4. The average Bonchev–Trinajstić information content (AvgIpc) is 2.76. The Kier molecular flexibility index (Phi) is 4.74. The van der Waals surface area contributed by atoms with Gasteiger partial charge in [0.05, 0.1) is 10.0 Å². The van der Waals surface area contributed by atoms with Crippen LogP contribution in [0.25, 0.3) is 0 Å². The van der Waals surface area contributed by atoms with Gasteiger partial charge in [-0.3, -0.25) is 0 Å². The average molecular weight is 316 g/mol. The van der Waals surface area contributed by atoms with E-state index in [-0.39, 0.29) is 12.1 Å². The quantitative estimate of drug-likeness (QED) is 0.877. The highest BCUT2D eigenvalue weighted by Gasteiger charge is 2.20. The van der Waals surface area contributed by atoms with Crippen LogP contribution < -0.4 is 10.5 Å². The van der Waals surface area contributed by atoms with Crippen LogP contribution in [0.15, 0.2) is 30.3 Å². The van der Waals surface area contributed by atoms with Crippen molar-refractivity contribution in [2.24, 2.45) is 5.73 Å². The molecule has 2 rings (SSSR count). The standard InChI is InChI=1S/C14H15Cl2NOS/c1-8-3-6-13(19-8)14(9(2)17)18-10-4-5-11(15)12(16)7-10/h3-7,9,14H,17H2,1-2H3. The molecule has 0 amide bonds. The molecule has 2 aromatic rings. The van der Waals surface area contributed by atoms with E-state index in [1.165, 1.54) is 4.88 Å². The molecule has 0 fully saturated rings. The molecule has 0 saturated heterocycles. The van der Waals surface area contributed by atoms with Gasteiger partial charge in [0, 0.05) is 21.9 Å². The van der Waals surface area contributed by atoms with Gasteiger partial charge in [0.1, 0.15) is 11.9 Å². The smallest absolute Gasteiger partial charge is 0.148 e. The van der Waals surface area contributed by atoms with Gasteiger partial charge in [0.25, 0.3) is 0 Å². The van der Waals surface area contributed by atoms with Crippen molar-refractivity contribution in [3.05, 3.63) is 50.1 Å². The van der Waals surface area contributed by atoms with Gasteiger partial charge in [-0.05, 0) is 38.1 Å². The fraction of sp³-hybridized carbons (Fsp3) is 0.286. The normalized spacial score (nSPS) is 14.2. The number of hydrogen-bond donors (Lipinski definition) is 1. The largest absolute Gasteiger partial charge is 0.483 e. The van der Waals surface area contributed by atoms with Gasteiger partial charge in [-0.1, -0.05) is 23.2 Å². The van der Waals surface area contributed by atoms with Crippen molar-refractivity contribution in [2.75, 3.05) is 0 Å². The minimum absolute atomic E-state index is 0.118. The zero-order valence-electron chi connectivity index (χ0n) is 10.7. The van der Waals surface area contributed by atoms with Crippen molar-refractivity contribution in [2.45, 2.75) is 26.0 Å². The molecule has 2 atom stereocenters. The molecule has 0 aliphatic carbocycles. The van der Waals surface area contributed by atoms with Gasteiger partial charge in [-0.2, -0.15) is 0 Å². The summed E-state index contributed by atoms with van der Waals surface area (Å²) in [5, 5.41) is 0.989. The highest BCUT2D eigenvalue weighted by Crippen LogP contribution is 2.32. The van der Waals surface area contributed by atoms with Gasteiger partial charge in [0.2, 0.25) is 0 Å². The Morgan fingerprint density at radius 1 is 1.16 bits per heavy atom. The maximum atomic E-state index is 6.02. The molecule has 1 heterocycles. The van der Waals surface area contributed by atoms with E-state index in [1.807, 2.05) is 13.0 Å². The molecule has 5 heteroatoms. The van der Waals surface area contributed by atoms with Gasteiger partial charge in [-0.15, -0.1) is 11.3 Å². The maximum Gasteiger partial charge on any atom is 0.148 e. The van der Waals surface area contributed by atoms with E-state index in [0.29, 0.717) is 15.8 Å². The summed E-state index contributed by atoms with van der Waals surface area (Å²) in [6, 6.07) is 9.22. The van der Waals surface area contributed by atoms with Crippen molar-refractivity contribution >= 4 is 34.5 Å². The van der Waals surface area contributed by atoms with E-state index < -0.39 is 0 Å². The molecule has 0 saturated carbocycles. The van der Waals surface area contributed by atoms with Crippen LogP contribution in [0, 0.1) is 6.92 Å². The van der Waals surface area contributed by atoms with E-state index in [1.54, 1.807) is 29.5 Å². The molecule has 0 aliphatic rings. The van der Waals surface area contributed by atoms with Crippen LogP contribution in [0.4, 0.5) is 0 Å². The summed E-state index contributed by atoms with van der Waals surface area (Å²) >= 11 is 13.6. The molecule has 1 aromatic carbocycles. The number of halogens is 2. The first-order chi connectivity index (χ1) is 8.97. The minimum Gasteiger partial charge on any atom is -0.483 e. The first-order valence-electron chi connectivity index (χ1n) is 5.91. The van der Waals surface area contributed by atoms with Crippen LogP contribution in [0.2, 0.25) is 10.0 Å². The third-order valence-corrected chi connectivity index (χ3v) is 4.47. The topological polar surface area (TPSA) is 35.2 Å². The fourth-order valence-electron chi connectivity index (χ4n) is 1.73. The van der Waals surface area contributed by atoms with E-state index in [0.717, 1.165) is 4.88 Å². The molecule has 102 valence electrons. The molecule has 2 unspecified atom stereocenters. The zero-order valence-corrected chi connectivity index (χ0v) is 13.0. The number of benzene rings is 1. The molecule has 0 aliphatic heterocycles. The summed E-state index contributed by atoms with van der Waals surface area (Å²) in [6.07, 6.45) is -0.184. The summed E-state index contributed by atoms with van der Waals surface area (Å²) in [6.45, 7) is 3.99. The molecule has 0 spiro atoms. The molecule has 0 bridgehead atoms. The summed E-state index contributed by atoms with van der Waals surface area (Å²) in [4.78, 5) is 2.34. The molecule has 19 heavy (non-hydrogen) atoms. The van der Waals surface area contributed by atoms with E-state index in [2.05, 4.69) is 13.0 Å². The zero-order chi connectivity index (χ0) is 14.0. The van der Waals surface area contributed by atoms with Crippen molar-refractivity contribution in [3.8, 4) is 5.75 Å². The van der Waals surface area contributed by atoms with Crippen LogP contribution in [0.5, 0.6) is 5.75 Å². The molecule has 2 N–H and O–H groups in total. The Balaban J connectivity index is 2.23. The summed E-state index contributed by atoms with van der Waals surface area (Å²) in [5.74, 6) is 0.669. The Morgan fingerprint density at radius 2 is 1.89 bits per heavy atom. The lowest BCUT2D eigenvalue weighted by Crippen LogP contribution is -2.28. The number of ether oxygens (including phenoxy) is 1. The first-order valence-corrected chi connectivity index (χ1v) is 7.48. The van der Waals surface area contributed by atoms with Gasteiger partial charge in [0.15, 0.2) is 0 Å². The Morgan fingerprint density at radius 3 is 2.42 bits per heavy atom. The third kappa shape index (κ3) is 3.63. The predicted molar refractivity (Wildman–Crippen MR) is 82.5 cm³/mol. The minimum atomic E-state index is -0.184. The second-order valence-electron chi connectivity index (χ2n) is 4.42. The van der Waals surface area contributed by atoms with Crippen molar-refractivity contribution < 1.29 is 4.74 Å². The highest BCUT2D eigenvalue weighted by atomic mass is 35.5. The SMILES string of the molecule is Cc1ccc(C(Oc2ccc(Cl)c(Cl)c2)C(C)N)s1. The van der Waals surface area contributed by atoms with Gasteiger partial charge >= 0.3 is 0 Å². The number of nitrogens with two attached hydrogens (primary N) is 1. The lowest BCUT2D eigenvalue weighted by atomic mass is 10.1. The number of thiophene rings is 1. The fourth-order valence-corrected chi connectivity index (χ4v) is 3.04. The van der Waals surface area contributed by atoms with E-state index in [4.69, 9.17) is 33.7 Å². The summed E-state index contributed by atoms with van der Waals surface area (Å²) in [7, 11) is 0. The molecular weight excluding hydrogens is 301 g/mol. The first kappa shape index (κ1) is 14.7. The van der Waals surface area contributed by atoms with Crippen molar-refractivity contribution in [3.63, 3.8) is 0 Å². The van der Waals surface area contributed by atoms with E-state index >= 15 is 0 Å². The molecule has 0 radical (unpaired) electrons. The van der Waals surface area contributed by atoms with Crippen LogP contribution in [-0.2, 0) is 0 Å². The molecular formula is C14H15Cl2NOS. The Hall–Kier alpha value is -0.740. The van der Waals surface area contributed by atoms with Crippen LogP contribution in [0.3, 0.4) is 0 Å². The van der Waals surface area contributed by atoms with Crippen molar-refractivity contribution in [1.29, 1.82) is 0 Å². The third-order valence-electron chi connectivity index (χ3n) is 2.67. The predicted octanol–water partition coefficient (Wildman–Crippen LogP) is 4.83. The van der Waals surface area contributed by atoms with Gasteiger partial charge in [-0.25, -0.2) is 0 Å². The Bertz CT molecular complexity index is 568. The van der Waals surface area contributed by atoms with Gasteiger partial charge < -0.3 is 10.5 Å². The van der Waals surface area contributed by atoms with Crippen molar-refractivity contribution in [1.82, 2.24) is 0 Å². The number of hydrogen-bond acceptors (Lipinski definition) is 3. The van der Waals surface area contributed by atoms with Crippen LogP contribution >= 0.6 is 34.5 Å². The monoisotopic (exact) mass is 315 g/mol. The second-order valence-corrected chi connectivity index (χ2v) is 6.56. The van der Waals surface area contributed by atoms with E-state index in [9.17, 15) is 0 Å². The second kappa shape index (κ2) is 6.14. The molecule has 2 nitrogen and oxygen atoms in total. The lowest BCUT2D eigenvalue weighted by molar-refractivity contribution is 0.184.